The monoisotopic (exact) mass is 530 g/mol. The van der Waals surface area contributed by atoms with Gasteiger partial charge in [0.05, 0.1) is 29.5 Å². The Labute approximate surface area is 230 Å². The second kappa shape index (κ2) is 9.74. The smallest absolute Gasteiger partial charge is 0.313 e. The predicted octanol–water partition coefficient (Wildman–Crippen LogP) is 5.74. The fourth-order valence-electron chi connectivity index (χ4n) is 8.44. The molecular weight excluding hydrogens is 492 g/mol. The van der Waals surface area contributed by atoms with E-state index in [0.717, 1.165) is 60.8 Å². The van der Waals surface area contributed by atoms with Gasteiger partial charge in [0, 0.05) is 0 Å². The largest absolute Gasteiger partial charge is 0.462 e. The highest BCUT2D eigenvalue weighted by atomic mass is 16.6. The topological polar surface area (TPSA) is 77.7 Å². The van der Waals surface area contributed by atoms with E-state index in [1.165, 1.54) is 0 Å². The molecule has 6 nitrogen and oxygen atoms in total. The highest BCUT2D eigenvalue weighted by Crippen LogP contribution is 2.71. The lowest BCUT2D eigenvalue weighted by atomic mass is 9.41. The van der Waals surface area contributed by atoms with Crippen LogP contribution in [0.5, 0.6) is 0 Å². The summed E-state index contributed by atoms with van der Waals surface area (Å²) in [6.07, 6.45) is 8.65. The Bertz CT molecular complexity index is 1150. The summed E-state index contributed by atoms with van der Waals surface area (Å²) >= 11 is 0. The van der Waals surface area contributed by atoms with Crippen molar-refractivity contribution in [2.75, 3.05) is 26.4 Å². The van der Waals surface area contributed by atoms with Crippen LogP contribution in [-0.2, 0) is 34.0 Å². The SMILES string of the molecule is O=C(OCC1CO1)C1(C2(C3(C(=O)OCC4CO4)CCCCC3)c3ccccc3-c3ccccc32)CCCCC1. The molecule has 6 heteroatoms. The van der Waals surface area contributed by atoms with Gasteiger partial charge in [-0.15, -0.1) is 0 Å². The molecule has 3 aliphatic carbocycles. The Morgan fingerprint density at radius 1 is 0.641 bits per heavy atom. The zero-order valence-electron chi connectivity index (χ0n) is 22.6. The van der Waals surface area contributed by atoms with Crippen molar-refractivity contribution in [1.29, 1.82) is 0 Å². The van der Waals surface area contributed by atoms with Crippen LogP contribution in [0.2, 0.25) is 0 Å². The number of carbonyl (C=O) groups is 2. The number of rotatable bonds is 8. The molecule has 2 saturated heterocycles. The van der Waals surface area contributed by atoms with Crippen LogP contribution in [-0.4, -0.2) is 50.6 Å². The van der Waals surface area contributed by atoms with Gasteiger partial charge in [-0.25, -0.2) is 0 Å². The molecular formula is C33H38O6. The molecule has 7 rings (SSSR count). The van der Waals surface area contributed by atoms with Crippen LogP contribution in [0.3, 0.4) is 0 Å². The molecule has 2 unspecified atom stereocenters. The van der Waals surface area contributed by atoms with Crippen molar-refractivity contribution < 1.29 is 28.5 Å². The molecule has 2 heterocycles. The first-order valence-corrected chi connectivity index (χ1v) is 14.9. The van der Waals surface area contributed by atoms with Gasteiger partial charge in [0.2, 0.25) is 0 Å². The second-order valence-electron chi connectivity index (χ2n) is 12.2. The zero-order chi connectivity index (χ0) is 26.5. The van der Waals surface area contributed by atoms with Crippen molar-refractivity contribution in [3.8, 4) is 11.1 Å². The minimum absolute atomic E-state index is 0.0131. The Kier molecular flexibility index (Phi) is 6.31. The molecule has 0 spiro atoms. The molecule has 5 aliphatic rings. The van der Waals surface area contributed by atoms with Gasteiger partial charge in [0.25, 0.3) is 0 Å². The van der Waals surface area contributed by atoms with Gasteiger partial charge in [-0.1, -0.05) is 87.1 Å². The molecule has 0 amide bonds. The fraction of sp³-hybridized carbons (Fsp3) is 0.576. The third-order valence-corrected chi connectivity index (χ3v) is 10.2. The van der Waals surface area contributed by atoms with Crippen LogP contribution in [0.1, 0.15) is 75.3 Å². The van der Waals surface area contributed by atoms with Crippen molar-refractivity contribution in [2.45, 2.75) is 81.8 Å². The van der Waals surface area contributed by atoms with Gasteiger partial charge in [-0.3, -0.25) is 9.59 Å². The summed E-state index contributed by atoms with van der Waals surface area (Å²) in [6.45, 7) is 1.82. The van der Waals surface area contributed by atoms with E-state index in [2.05, 4.69) is 48.5 Å². The third-order valence-electron chi connectivity index (χ3n) is 10.2. The number of epoxide rings is 2. The molecule has 0 aromatic heterocycles. The van der Waals surface area contributed by atoms with E-state index in [1.807, 2.05) is 0 Å². The molecule has 2 saturated carbocycles. The maximum Gasteiger partial charge on any atom is 0.313 e. The fourth-order valence-corrected chi connectivity index (χ4v) is 8.44. The summed E-state index contributed by atoms with van der Waals surface area (Å²) in [5, 5.41) is 0. The molecule has 2 atom stereocenters. The van der Waals surface area contributed by atoms with Crippen molar-refractivity contribution in [2.24, 2.45) is 10.8 Å². The lowest BCUT2D eigenvalue weighted by Crippen LogP contribution is -2.64. The number of hydrogen-bond donors (Lipinski definition) is 0. The molecule has 0 N–H and O–H groups in total. The highest BCUT2D eigenvalue weighted by molar-refractivity contribution is 5.94. The van der Waals surface area contributed by atoms with Gasteiger partial charge in [0.1, 0.15) is 25.4 Å². The molecule has 0 radical (unpaired) electrons. The molecule has 2 aromatic carbocycles. The van der Waals surface area contributed by atoms with E-state index in [4.69, 9.17) is 18.9 Å². The van der Waals surface area contributed by atoms with Crippen LogP contribution < -0.4 is 0 Å². The maximum absolute atomic E-state index is 14.7. The molecule has 0 bridgehead atoms. The number of carbonyl (C=O) groups excluding carboxylic acids is 2. The summed E-state index contributed by atoms with van der Waals surface area (Å²) in [7, 11) is 0. The average molecular weight is 531 g/mol. The lowest BCUT2D eigenvalue weighted by molar-refractivity contribution is -0.182. The maximum atomic E-state index is 14.7. The minimum Gasteiger partial charge on any atom is -0.462 e. The summed E-state index contributed by atoms with van der Waals surface area (Å²) < 4.78 is 23.2. The number of esters is 2. The normalized spacial score (nSPS) is 27.1. The summed E-state index contributed by atoms with van der Waals surface area (Å²) in [5.41, 5.74) is 1.80. The van der Waals surface area contributed by atoms with Crippen molar-refractivity contribution in [3.63, 3.8) is 0 Å². The molecule has 2 aromatic rings. The lowest BCUT2D eigenvalue weighted by Gasteiger charge is -2.59. The van der Waals surface area contributed by atoms with Gasteiger partial charge < -0.3 is 18.9 Å². The molecule has 39 heavy (non-hydrogen) atoms. The first kappa shape index (κ1) is 25.3. The van der Waals surface area contributed by atoms with Crippen LogP contribution in [0.25, 0.3) is 11.1 Å². The summed E-state index contributed by atoms with van der Waals surface area (Å²) in [6, 6.07) is 17.0. The van der Waals surface area contributed by atoms with Gasteiger partial charge in [0.15, 0.2) is 0 Å². The van der Waals surface area contributed by atoms with E-state index in [1.54, 1.807) is 0 Å². The second-order valence-corrected chi connectivity index (χ2v) is 12.2. The van der Waals surface area contributed by atoms with E-state index >= 15 is 0 Å². The number of fused-ring (bicyclic) bond motifs is 3. The van der Waals surface area contributed by atoms with Gasteiger partial charge >= 0.3 is 11.9 Å². The number of ether oxygens (including phenoxy) is 4. The standard InChI is InChI=1S/C33H38O6/c34-29(38-21-23-19-36-23)31(15-7-1-8-16-31)33(27-13-5-3-11-25(27)26-12-4-6-14-28(26)33)32(17-9-2-10-18-32)30(35)39-22-24-20-37-24/h3-6,11-14,23-24H,1-2,7-10,15-22H2. The third kappa shape index (κ3) is 3.81. The molecule has 2 aliphatic heterocycles. The van der Waals surface area contributed by atoms with Crippen LogP contribution in [0, 0.1) is 10.8 Å². The van der Waals surface area contributed by atoms with E-state index < -0.39 is 16.2 Å². The van der Waals surface area contributed by atoms with Gasteiger partial charge in [-0.2, -0.15) is 0 Å². The number of benzene rings is 2. The van der Waals surface area contributed by atoms with Crippen molar-refractivity contribution in [1.82, 2.24) is 0 Å². The summed E-state index contributed by atoms with van der Waals surface area (Å²) in [4.78, 5) is 29.4. The van der Waals surface area contributed by atoms with Crippen LogP contribution in [0.4, 0.5) is 0 Å². The highest BCUT2D eigenvalue weighted by Gasteiger charge is 2.73. The molecule has 206 valence electrons. The Morgan fingerprint density at radius 2 is 1.03 bits per heavy atom. The first-order valence-electron chi connectivity index (χ1n) is 14.9. The van der Waals surface area contributed by atoms with E-state index in [-0.39, 0.29) is 37.4 Å². The predicted molar refractivity (Wildman–Crippen MR) is 145 cm³/mol. The Balaban J connectivity index is 1.50. The Hall–Kier alpha value is -2.70. The van der Waals surface area contributed by atoms with E-state index in [9.17, 15) is 9.59 Å². The zero-order valence-corrected chi connectivity index (χ0v) is 22.6. The average Bonchev–Trinajstić information content (AvgIpc) is 3.93. The number of hydrogen-bond acceptors (Lipinski definition) is 6. The quantitative estimate of drug-likeness (QED) is 0.320. The Morgan fingerprint density at radius 3 is 1.41 bits per heavy atom. The van der Waals surface area contributed by atoms with Crippen LogP contribution >= 0.6 is 0 Å². The molecule has 4 fully saturated rings. The van der Waals surface area contributed by atoms with Crippen molar-refractivity contribution >= 4 is 11.9 Å². The minimum atomic E-state index is -0.880. The van der Waals surface area contributed by atoms with Crippen molar-refractivity contribution in [3.05, 3.63) is 59.7 Å². The van der Waals surface area contributed by atoms with E-state index in [0.29, 0.717) is 38.9 Å². The van der Waals surface area contributed by atoms with Crippen LogP contribution in [0.15, 0.2) is 48.5 Å². The van der Waals surface area contributed by atoms with Gasteiger partial charge in [-0.05, 0) is 47.9 Å². The summed E-state index contributed by atoms with van der Waals surface area (Å²) in [5.74, 6) is -0.347. The first-order chi connectivity index (χ1) is 19.1.